The minimum atomic E-state index is 0. The maximum Gasteiger partial charge on any atom is 0.130 e. The number of nitrogens with zero attached hydrogens (tertiary/aromatic N) is 3. The number of aryl methyl sites for hydroxylation is 1. The minimum Gasteiger partial charge on any atom is -1.00 e. The van der Waals surface area contributed by atoms with Crippen molar-refractivity contribution in [1.82, 2.24) is 9.97 Å². The standard InChI is InChI=1S/C10H18N3.HI/c1-8-6-11-7-10(12-8)9(2)13(3,4)5;/h6-7,9H,1-5H3;1H/q+1;/p-1. The SMILES string of the molecule is Cc1cncc(C(C)[N+](C)(C)C)n1.[I-]. The molecule has 14 heavy (non-hydrogen) atoms. The van der Waals surface area contributed by atoms with Crippen molar-refractivity contribution in [2.75, 3.05) is 21.1 Å². The summed E-state index contributed by atoms with van der Waals surface area (Å²) in [5, 5.41) is 0. The molecule has 0 fully saturated rings. The average Bonchev–Trinajstić information content (AvgIpc) is 2.01. The third-order valence-electron chi connectivity index (χ3n) is 2.36. The smallest absolute Gasteiger partial charge is 0.130 e. The third kappa shape index (κ3) is 3.49. The Morgan fingerprint density at radius 2 is 1.79 bits per heavy atom. The zero-order valence-corrected chi connectivity index (χ0v) is 11.6. The monoisotopic (exact) mass is 307 g/mol. The Balaban J connectivity index is 0.00000169. The molecule has 0 bridgehead atoms. The fraction of sp³-hybridized carbons (Fsp3) is 0.600. The number of quaternary nitrogens is 1. The summed E-state index contributed by atoms with van der Waals surface area (Å²) >= 11 is 0. The molecule has 1 atom stereocenters. The van der Waals surface area contributed by atoms with Crippen LogP contribution in [-0.2, 0) is 0 Å². The molecule has 80 valence electrons. The van der Waals surface area contributed by atoms with Crippen LogP contribution in [0.3, 0.4) is 0 Å². The van der Waals surface area contributed by atoms with E-state index in [1.54, 1.807) is 6.20 Å². The van der Waals surface area contributed by atoms with Crippen molar-refractivity contribution in [3.05, 3.63) is 23.8 Å². The first-order valence-electron chi connectivity index (χ1n) is 4.51. The van der Waals surface area contributed by atoms with Crippen LogP contribution in [0, 0.1) is 6.92 Å². The summed E-state index contributed by atoms with van der Waals surface area (Å²) in [6.07, 6.45) is 3.63. The van der Waals surface area contributed by atoms with Crippen LogP contribution in [0.1, 0.15) is 24.4 Å². The van der Waals surface area contributed by atoms with E-state index in [4.69, 9.17) is 0 Å². The van der Waals surface area contributed by atoms with E-state index in [0.29, 0.717) is 6.04 Å². The van der Waals surface area contributed by atoms with Gasteiger partial charge >= 0.3 is 0 Å². The van der Waals surface area contributed by atoms with Crippen molar-refractivity contribution in [1.29, 1.82) is 0 Å². The van der Waals surface area contributed by atoms with Gasteiger partial charge in [0.1, 0.15) is 11.7 Å². The fourth-order valence-corrected chi connectivity index (χ4v) is 1.08. The first-order chi connectivity index (χ1) is 5.91. The highest BCUT2D eigenvalue weighted by Gasteiger charge is 2.21. The molecule has 0 spiro atoms. The van der Waals surface area contributed by atoms with Crippen LogP contribution in [0.15, 0.2) is 12.4 Å². The van der Waals surface area contributed by atoms with Crippen molar-refractivity contribution in [2.45, 2.75) is 19.9 Å². The highest BCUT2D eigenvalue weighted by atomic mass is 127. The number of aromatic nitrogens is 2. The van der Waals surface area contributed by atoms with E-state index in [0.717, 1.165) is 15.9 Å². The van der Waals surface area contributed by atoms with E-state index < -0.39 is 0 Å². The lowest BCUT2D eigenvalue weighted by Crippen LogP contribution is -3.00. The van der Waals surface area contributed by atoms with Gasteiger partial charge in [-0.15, -0.1) is 0 Å². The van der Waals surface area contributed by atoms with Crippen LogP contribution in [0.2, 0.25) is 0 Å². The maximum atomic E-state index is 4.46. The Hall–Kier alpha value is -0.230. The second kappa shape index (κ2) is 5.02. The van der Waals surface area contributed by atoms with Gasteiger partial charge in [-0.05, 0) is 13.8 Å². The van der Waals surface area contributed by atoms with E-state index in [1.165, 1.54) is 0 Å². The van der Waals surface area contributed by atoms with Crippen LogP contribution >= 0.6 is 0 Å². The van der Waals surface area contributed by atoms with E-state index in [2.05, 4.69) is 38.0 Å². The second-order valence-electron chi connectivity index (χ2n) is 4.38. The fourth-order valence-electron chi connectivity index (χ4n) is 1.08. The predicted molar refractivity (Wildman–Crippen MR) is 53.2 cm³/mol. The topological polar surface area (TPSA) is 25.8 Å². The van der Waals surface area contributed by atoms with Gasteiger partial charge in [-0.25, -0.2) is 4.98 Å². The summed E-state index contributed by atoms with van der Waals surface area (Å²) in [5.41, 5.74) is 2.05. The van der Waals surface area contributed by atoms with Crippen molar-refractivity contribution in [3.8, 4) is 0 Å². The second-order valence-corrected chi connectivity index (χ2v) is 4.38. The van der Waals surface area contributed by atoms with Gasteiger partial charge < -0.3 is 28.5 Å². The lowest BCUT2D eigenvalue weighted by Gasteiger charge is -2.30. The van der Waals surface area contributed by atoms with E-state index >= 15 is 0 Å². The molecule has 0 saturated carbocycles. The van der Waals surface area contributed by atoms with Gasteiger partial charge in [0.25, 0.3) is 0 Å². The van der Waals surface area contributed by atoms with Gasteiger partial charge in [0.05, 0.1) is 33.0 Å². The molecule has 0 amide bonds. The first kappa shape index (κ1) is 13.8. The summed E-state index contributed by atoms with van der Waals surface area (Å²) in [6.45, 7) is 4.14. The zero-order chi connectivity index (χ0) is 10.1. The van der Waals surface area contributed by atoms with Gasteiger partial charge in [-0.3, -0.25) is 4.98 Å². The minimum absolute atomic E-state index is 0. The third-order valence-corrected chi connectivity index (χ3v) is 2.36. The van der Waals surface area contributed by atoms with Crippen LogP contribution in [-0.4, -0.2) is 35.6 Å². The van der Waals surface area contributed by atoms with Gasteiger partial charge in [0.15, 0.2) is 0 Å². The van der Waals surface area contributed by atoms with Crippen molar-refractivity contribution < 1.29 is 28.5 Å². The lowest BCUT2D eigenvalue weighted by molar-refractivity contribution is -0.900. The summed E-state index contributed by atoms with van der Waals surface area (Å²) in [7, 11) is 6.48. The lowest BCUT2D eigenvalue weighted by atomic mass is 10.2. The molecule has 4 heteroatoms. The van der Waals surface area contributed by atoms with Gasteiger partial charge in [-0.1, -0.05) is 0 Å². The van der Waals surface area contributed by atoms with Gasteiger partial charge in [-0.2, -0.15) is 0 Å². The average molecular weight is 307 g/mol. The van der Waals surface area contributed by atoms with Crippen molar-refractivity contribution >= 4 is 0 Å². The molecule has 3 nitrogen and oxygen atoms in total. The summed E-state index contributed by atoms with van der Waals surface area (Å²) in [4.78, 5) is 8.61. The Kier molecular flexibility index (Phi) is 4.94. The van der Waals surface area contributed by atoms with E-state index in [9.17, 15) is 0 Å². The normalized spacial score (nSPS) is 13.2. The molecule has 0 aromatic carbocycles. The van der Waals surface area contributed by atoms with Crippen molar-refractivity contribution in [2.24, 2.45) is 0 Å². The molecule has 0 N–H and O–H groups in total. The zero-order valence-electron chi connectivity index (χ0n) is 9.45. The molecule has 1 aromatic rings. The maximum absolute atomic E-state index is 4.46. The molecular weight excluding hydrogens is 289 g/mol. The molecule has 0 aliphatic carbocycles. The molecule has 0 saturated heterocycles. The number of rotatable bonds is 2. The Morgan fingerprint density at radius 3 is 2.21 bits per heavy atom. The highest BCUT2D eigenvalue weighted by Crippen LogP contribution is 2.19. The Bertz CT molecular complexity index is 294. The quantitative estimate of drug-likeness (QED) is 0.494. The number of hydrogen-bond donors (Lipinski definition) is 0. The molecule has 1 heterocycles. The predicted octanol–water partition coefficient (Wildman–Crippen LogP) is -1.44. The van der Waals surface area contributed by atoms with Crippen molar-refractivity contribution in [3.63, 3.8) is 0 Å². The number of halogens is 1. The first-order valence-corrected chi connectivity index (χ1v) is 4.51. The van der Waals surface area contributed by atoms with Gasteiger partial charge in [0.2, 0.25) is 0 Å². The Labute approximate surface area is 103 Å². The van der Waals surface area contributed by atoms with Crippen LogP contribution in [0.25, 0.3) is 0 Å². The summed E-state index contributed by atoms with van der Waals surface area (Å²) in [6, 6.07) is 0.382. The van der Waals surface area contributed by atoms with Crippen LogP contribution < -0.4 is 24.0 Å². The molecule has 1 unspecified atom stereocenters. The van der Waals surface area contributed by atoms with Crippen LogP contribution in [0.4, 0.5) is 0 Å². The molecule has 0 radical (unpaired) electrons. The van der Waals surface area contributed by atoms with Crippen LogP contribution in [0.5, 0.6) is 0 Å². The summed E-state index contributed by atoms with van der Waals surface area (Å²) < 4.78 is 0.873. The molecular formula is C10H18IN3. The Morgan fingerprint density at radius 1 is 1.21 bits per heavy atom. The number of hydrogen-bond acceptors (Lipinski definition) is 2. The van der Waals surface area contributed by atoms with E-state index in [1.807, 2.05) is 13.1 Å². The molecule has 0 aliphatic heterocycles. The summed E-state index contributed by atoms with van der Waals surface area (Å²) in [5.74, 6) is 0. The molecule has 1 rings (SSSR count). The van der Waals surface area contributed by atoms with Gasteiger partial charge in [0, 0.05) is 6.20 Å². The molecule has 1 aromatic heterocycles. The molecule has 0 aliphatic rings. The van der Waals surface area contributed by atoms with E-state index in [-0.39, 0.29) is 24.0 Å². The highest BCUT2D eigenvalue weighted by molar-refractivity contribution is 5.03. The largest absolute Gasteiger partial charge is 1.00 e.